The Kier molecular flexibility index (Phi) is 4.39. The maximum Gasteiger partial charge on any atom is 0.306 e. The van der Waals surface area contributed by atoms with Crippen molar-refractivity contribution in [2.24, 2.45) is 13.0 Å². The Bertz CT molecular complexity index is 547. The summed E-state index contributed by atoms with van der Waals surface area (Å²) in [5.41, 5.74) is 0.452. The molecule has 110 valence electrons. The minimum Gasteiger partial charge on any atom is -0.481 e. The first kappa shape index (κ1) is 14.5. The molecule has 0 atom stereocenters. The number of rotatable bonds is 4. The van der Waals surface area contributed by atoms with E-state index in [-0.39, 0.29) is 18.1 Å². The number of hydrogen-bond acceptors (Lipinski definition) is 5. The Balaban J connectivity index is 2.20. The van der Waals surface area contributed by atoms with Crippen LogP contribution < -0.4 is 10.5 Å². The van der Waals surface area contributed by atoms with E-state index < -0.39 is 5.97 Å². The normalized spacial score (nSPS) is 16.4. The summed E-state index contributed by atoms with van der Waals surface area (Å²) >= 11 is 0. The molecule has 1 N–H and O–H groups in total. The standard InChI is InChI=1S/C13H19N3O4/c1-15-11(17)7-10(8-20-2)14-13(15)16-5-3-9(4-6-16)12(18)19/h7,9H,3-6,8H2,1-2H3,(H,18,19). The number of aliphatic carboxylic acids is 1. The van der Waals surface area contributed by atoms with E-state index in [1.54, 1.807) is 14.2 Å². The molecule has 1 saturated heterocycles. The highest BCUT2D eigenvalue weighted by atomic mass is 16.5. The third-order valence-corrected chi connectivity index (χ3v) is 3.58. The summed E-state index contributed by atoms with van der Waals surface area (Å²) in [5, 5.41) is 9.00. The first-order valence-electron chi connectivity index (χ1n) is 6.56. The van der Waals surface area contributed by atoms with Crippen molar-refractivity contribution in [1.82, 2.24) is 9.55 Å². The molecule has 2 rings (SSSR count). The van der Waals surface area contributed by atoms with Gasteiger partial charge in [-0.25, -0.2) is 4.98 Å². The van der Waals surface area contributed by atoms with E-state index >= 15 is 0 Å². The largest absolute Gasteiger partial charge is 0.481 e. The van der Waals surface area contributed by atoms with Gasteiger partial charge in [0.05, 0.1) is 18.2 Å². The van der Waals surface area contributed by atoms with Crippen molar-refractivity contribution in [1.29, 1.82) is 0 Å². The lowest BCUT2D eigenvalue weighted by Crippen LogP contribution is -2.40. The lowest BCUT2D eigenvalue weighted by molar-refractivity contribution is -0.142. The number of ether oxygens (including phenoxy) is 1. The second-order valence-electron chi connectivity index (χ2n) is 4.98. The first-order chi connectivity index (χ1) is 9.52. The molecule has 1 aromatic rings. The zero-order chi connectivity index (χ0) is 14.7. The number of anilines is 1. The van der Waals surface area contributed by atoms with Crippen molar-refractivity contribution >= 4 is 11.9 Å². The topological polar surface area (TPSA) is 84.7 Å². The fourth-order valence-electron chi connectivity index (χ4n) is 2.40. The summed E-state index contributed by atoms with van der Waals surface area (Å²) in [4.78, 5) is 29.2. The van der Waals surface area contributed by atoms with Crippen LogP contribution in [0.2, 0.25) is 0 Å². The summed E-state index contributed by atoms with van der Waals surface area (Å²) in [5.74, 6) is -0.474. The van der Waals surface area contributed by atoms with Crippen LogP contribution in [0.1, 0.15) is 18.5 Å². The van der Waals surface area contributed by atoms with Gasteiger partial charge in [0.2, 0.25) is 5.95 Å². The Labute approximate surface area is 116 Å². The summed E-state index contributed by atoms with van der Waals surface area (Å²) in [6.07, 6.45) is 1.14. The quantitative estimate of drug-likeness (QED) is 0.850. The molecule has 7 nitrogen and oxygen atoms in total. The van der Waals surface area contributed by atoms with Crippen molar-refractivity contribution in [3.8, 4) is 0 Å². The first-order valence-corrected chi connectivity index (χ1v) is 6.56. The zero-order valence-electron chi connectivity index (χ0n) is 11.7. The predicted octanol–water partition coefficient (Wildman–Crippen LogP) is 0.228. The lowest BCUT2D eigenvalue weighted by atomic mass is 9.97. The van der Waals surface area contributed by atoms with E-state index in [4.69, 9.17) is 9.84 Å². The van der Waals surface area contributed by atoms with E-state index in [0.29, 0.717) is 37.6 Å². The second-order valence-corrected chi connectivity index (χ2v) is 4.98. The maximum absolute atomic E-state index is 11.9. The molecular formula is C13H19N3O4. The van der Waals surface area contributed by atoms with E-state index in [2.05, 4.69) is 4.98 Å². The van der Waals surface area contributed by atoms with Crippen LogP contribution in [0.5, 0.6) is 0 Å². The Morgan fingerprint density at radius 2 is 2.15 bits per heavy atom. The van der Waals surface area contributed by atoms with Crippen molar-refractivity contribution in [3.05, 3.63) is 22.1 Å². The smallest absolute Gasteiger partial charge is 0.306 e. The molecule has 0 amide bonds. The highest BCUT2D eigenvalue weighted by Crippen LogP contribution is 2.21. The number of hydrogen-bond donors (Lipinski definition) is 1. The van der Waals surface area contributed by atoms with Gasteiger partial charge in [0.25, 0.3) is 5.56 Å². The molecule has 0 bridgehead atoms. The fraction of sp³-hybridized carbons (Fsp3) is 0.615. The molecule has 7 heteroatoms. The van der Waals surface area contributed by atoms with Gasteiger partial charge in [-0.15, -0.1) is 0 Å². The summed E-state index contributed by atoms with van der Waals surface area (Å²) < 4.78 is 6.49. The van der Waals surface area contributed by atoms with Gasteiger partial charge < -0.3 is 14.7 Å². The molecule has 1 fully saturated rings. The van der Waals surface area contributed by atoms with Crippen LogP contribution in [0.4, 0.5) is 5.95 Å². The summed E-state index contributed by atoms with van der Waals surface area (Å²) in [6, 6.07) is 1.46. The third kappa shape index (κ3) is 2.98. The maximum atomic E-state index is 11.9. The van der Waals surface area contributed by atoms with Gasteiger partial charge >= 0.3 is 5.97 Å². The fourth-order valence-corrected chi connectivity index (χ4v) is 2.40. The number of carboxylic acid groups (broad SMARTS) is 1. The SMILES string of the molecule is COCc1cc(=O)n(C)c(N2CCC(C(=O)O)CC2)n1. The number of nitrogens with zero attached hydrogens (tertiary/aromatic N) is 3. The monoisotopic (exact) mass is 281 g/mol. The van der Waals surface area contributed by atoms with Crippen LogP contribution in [0.3, 0.4) is 0 Å². The number of methoxy groups -OCH3 is 1. The van der Waals surface area contributed by atoms with Crippen LogP contribution in [0, 0.1) is 5.92 Å². The lowest BCUT2D eigenvalue weighted by Gasteiger charge is -2.31. The van der Waals surface area contributed by atoms with Crippen molar-refractivity contribution in [3.63, 3.8) is 0 Å². The number of carbonyl (C=O) groups is 1. The van der Waals surface area contributed by atoms with Crippen molar-refractivity contribution in [2.45, 2.75) is 19.4 Å². The van der Waals surface area contributed by atoms with Crippen molar-refractivity contribution in [2.75, 3.05) is 25.1 Å². The molecule has 0 aliphatic carbocycles. The van der Waals surface area contributed by atoms with E-state index in [1.807, 2.05) is 4.90 Å². The minimum absolute atomic E-state index is 0.137. The summed E-state index contributed by atoms with van der Waals surface area (Å²) in [7, 11) is 3.22. The summed E-state index contributed by atoms with van der Waals surface area (Å²) in [6.45, 7) is 1.47. The predicted molar refractivity (Wildman–Crippen MR) is 72.8 cm³/mol. The third-order valence-electron chi connectivity index (χ3n) is 3.58. The molecule has 0 saturated carbocycles. The highest BCUT2D eigenvalue weighted by molar-refractivity contribution is 5.70. The van der Waals surface area contributed by atoms with Gasteiger partial charge in [0.15, 0.2) is 0 Å². The van der Waals surface area contributed by atoms with Gasteiger partial charge in [-0.05, 0) is 12.8 Å². The van der Waals surface area contributed by atoms with Gasteiger partial charge in [-0.3, -0.25) is 14.2 Å². The van der Waals surface area contributed by atoms with Crippen LogP contribution >= 0.6 is 0 Å². The van der Waals surface area contributed by atoms with Gasteiger partial charge in [0.1, 0.15) is 0 Å². The molecule has 0 unspecified atom stereocenters. The molecule has 1 aliphatic heterocycles. The molecule has 1 aromatic heterocycles. The number of aromatic nitrogens is 2. The molecule has 0 radical (unpaired) electrons. The molecule has 1 aliphatic rings. The van der Waals surface area contributed by atoms with Crippen LogP contribution in [0.15, 0.2) is 10.9 Å². The zero-order valence-corrected chi connectivity index (χ0v) is 11.7. The van der Waals surface area contributed by atoms with Gasteiger partial charge in [-0.2, -0.15) is 0 Å². The Morgan fingerprint density at radius 1 is 1.50 bits per heavy atom. The van der Waals surface area contributed by atoms with Crippen LogP contribution in [0.25, 0.3) is 0 Å². The molecule has 0 spiro atoms. The number of piperidine rings is 1. The Morgan fingerprint density at radius 3 is 2.70 bits per heavy atom. The Hall–Kier alpha value is -1.89. The van der Waals surface area contributed by atoms with Crippen LogP contribution in [-0.2, 0) is 23.2 Å². The molecule has 20 heavy (non-hydrogen) atoms. The van der Waals surface area contributed by atoms with E-state index in [0.717, 1.165) is 0 Å². The second kappa shape index (κ2) is 6.04. The van der Waals surface area contributed by atoms with Crippen LogP contribution in [-0.4, -0.2) is 40.8 Å². The minimum atomic E-state index is -0.750. The average Bonchev–Trinajstić information content (AvgIpc) is 2.43. The molecule has 2 heterocycles. The van der Waals surface area contributed by atoms with E-state index in [9.17, 15) is 9.59 Å². The van der Waals surface area contributed by atoms with E-state index in [1.165, 1.54) is 10.6 Å². The number of carboxylic acids is 1. The van der Waals surface area contributed by atoms with Gasteiger partial charge in [0, 0.05) is 33.3 Å². The molecule has 0 aromatic carbocycles. The average molecular weight is 281 g/mol. The molecular weight excluding hydrogens is 262 g/mol. The highest BCUT2D eigenvalue weighted by Gasteiger charge is 2.26. The van der Waals surface area contributed by atoms with Crippen molar-refractivity contribution < 1.29 is 14.6 Å². The van der Waals surface area contributed by atoms with Gasteiger partial charge in [-0.1, -0.05) is 0 Å².